The summed E-state index contributed by atoms with van der Waals surface area (Å²) in [6, 6.07) is 0. The molecule has 0 aromatic carbocycles. The average Bonchev–Trinajstić information content (AvgIpc) is 3.28. The molecule has 0 saturated carbocycles. The van der Waals surface area contributed by atoms with Crippen LogP contribution in [-0.4, -0.2) is 125 Å². The summed E-state index contributed by atoms with van der Waals surface area (Å²) < 4.78 is 3.37. The van der Waals surface area contributed by atoms with Gasteiger partial charge in [0.25, 0.3) is 0 Å². The van der Waals surface area contributed by atoms with E-state index in [1.807, 2.05) is 0 Å². The van der Waals surface area contributed by atoms with Crippen LogP contribution in [0.1, 0.15) is 303 Å². The molecule has 0 spiro atoms. The molecule has 10 nitrogen and oxygen atoms in total. The molecule has 0 amide bonds. The van der Waals surface area contributed by atoms with Crippen molar-refractivity contribution in [3.05, 3.63) is 0 Å². The zero-order valence-corrected chi connectivity index (χ0v) is 51.5. The van der Waals surface area contributed by atoms with Crippen molar-refractivity contribution in [1.82, 2.24) is 0 Å². The highest BCUT2D eigenvalue weighted by Gasteiger charge is 2.29. The Balaban J connectivity index is -0.000000440. The lowest BCUT2D eigenvalue weighted by atomic mass is 9.96. The van der Waals surface area contributed by atoms with Gasteiger partial charge in [-0.3, -0.25) is 0 Å². The van der Waals surface area contributed by atoms with E-state index in [-0.39, 0.29) is 0 Å². The highest BCUT2D eigenvalue weighted by molar-refractivity contribution is 5.86. The van der Waals surface area contributed by atoms with E-state index < -0.39 is 36.4 Å². The van der Waals surface area contributed by atoms with E-state index in [9.17, 15) is 29.7 Å². The molecule has 0 heterocycles. The lowest BCUT2D eigenvalue weighted by Gasteiger charge is -2.29. The minimum absolute atomic E-state index is 1.12. The number of rotatable bonds is 50. The molecule has 0 saturated heterocycles. The molecule has 73 heavy (non-hydrogen) atoms. The first-order valence-electron chi connectivity index (χ1n) is 31.2. The van der Waals surface area contributed by atoms with Crippen molar-refractivity contribution in [2.24, 2.45) is 0 Å². The maximum absolute atomic E-state index is 10.1. The first-order valence-corrected chi connectivity index (χ1v) is 31.2. The van der Waals surface area contributed by atoms with E-state index in [0.717, 1.165) is 13.4 Å². The maximum Gasteiger partial charge on any atom is 0.114 e. The minimum atomic E-state index is -2.97. The van der Waals surface area contributed by atoms with Crippen LogP contribution in [0.25, 0.3) is 0 Å². The topological polar surface area (TPSA) is 141 Å². The van der Waals surface area contributed by atoms with E-state index in [0.29, 0.717) is 0 Å². The highest BCUT2D eigenvalue weighted by atomic mass is 16.4. The van der Waals surface area contributed by atoms with Crippen molar-refractivity contribution in [3.8, 4) is 0 Å². The number of hydrogen-bond donors (Lipinski definition) is 1. The number of nitrogens with zero attached hydrogens (tertiary/aromatic N) is 3. The number of aliphatic hydroxyl groups is 1. The van der Waals surface area contributed by atoms with Crippen LogP contribution in [0.2, 0.25) is 0 Å². The Kier molecular flexibility index (Phi) is 58.6. The third kappa shape index (κ3) is 76.9. The van der Waals surface area contributed by atoms with Gasteiger partial charge in [0.05, 0.1) is 89.0 Å². The standard InChI is InChI=1S/3C19H42N.C6H8O7/c3*1-5-6-7-8-9-10-11-12-13-14-15-16-17-18-19-20(2,3)4;7-3(8)1-6(13,5(11)12)2-4(9)10/h3*5-19H2,1-4H3;13H,1-2H2,(H,7,8)(H,9,10)(H,11,12)/q3*+1;/p-3. The number of carbonyl (C=O) groups excluding carboxylic acids is 3. The van der Waals surface area contributed by atoms with Gasteiger partial charge in [0.1, 0.15) is 5.60 Å². The van der Waals surface area contributed by atoms with E-state index in [1.54, 1.807) is 0 Å². The first kappa shape index (κ1) is 77.7. The molecule has 440 valence electrons. The van der Waals surface area contributed by atoms with Crippen LogP contribution in [0.15, 0.2) is 0 Å². The summed E-state index contributed by atoms with van der Waals surface area (Å²) in [7, 11) is 20.6. The Morgan fingerprint density at radius 1 is 0.288 bits per heavy atom. The molecule has 0 fully saturated rings. The van der Waals surface area contributed by atoms with Gasteiger partial charge < -0.3 is 48.3 Å². The molecule has 0 unspecified atom stereocenters. The number of unbranched alkanes of at least 4 members (excludes halogenated alkanes) is 39. The van der Waals surface area contributed by atoms with Gasteiger partial charge in [-0.05, 0) is 38.5 Å². The fourth-order valence-electron chi connectivity index (χ4n) is 9.03. The summed E-state index contributed by atoms with van der Waals surface area (Å²) in [5, 5.41) is 38.9. The second-order valence-electron chi connectivity index (χ2n) is 25.2. The van der Waals surface area contributed by atoms with Crippen molar-refractivity contribution in [1.29, 1.82) is 0 Å². The zero-order valence-electron chi connectivity index (χ0n) is 51.5. The number of quaternary nitrogens is 3. The Bertz CT molecular complexity index is 1050. The molecular weight excluding hydrogens is 911 g/mol. The predicted octanol–water partition coefficient (Wildman–Crippen LogP) is 13.3. The molecule has 0 aromatic rings. The number of carboxylic acids is 3. The quantitative estimate of drug-likeness (QED) is 0.0472. The number of aliphatic carboxylic acids is 3. The summed E-state index contributed by atoms with van der Waals surface area (Å²) in [6.07, 6.45) is 58.4. The van der Waals surface area contributed by atoms with Crippen molar-refractivity contribution in [2.45, 2.75) is 309 Å². The molecule has 0 aliphatic carbocycles. The largest absolute Gasteiger partial charge is 0.550 e. The van der Waals surface area contributed by atoms with Gasteiger partial charge in [-0.15, -0.1) is 0 Å². The fourth-order valence-corrected chi connectivity index (χ4v) is 9.03. The van der Waals surface area contributed by atoms with Crippen LogP contribution in [0, 0.1) is 0 Å². The summed E-state index contributed by atoms with van der Waals surface area (Å²) in [5.74, 6) is -5.98. The van der Waals surface area contributed by atoms with Gasteiger partial charge in [0.15, 0.2) is 0 Å². The zero-order chi connectivity index (χ0) is 56.0. The second kappa shape index (κ2) is 55.0. The van der Waals surface area contributed by atoms with Gasteiger partial charge in [0.2, 0.25) is 0 Å². The van der Waals surface area contributed by atoms with Crippen LogP contribution >= 0.6 is 0 Å². The molecule has 0 aromatic heterocycles. The van der Waals surface area contributed by atoms with Crippen LogP contribution in [-0.2, 0) is 14.4 Å². The monoisotopic (exact) mass is 1040 g/mol. The molecular formula is C63H131N3O7. The maximum atomic E-state index is 10.1. The van der Waals surface area contributed by atoms with E-state index in [1.165, 1.54) is 289 Å². The van der Waals surface area contributed by atoms with Gasteiger partial charge in [-0.25, -0.2) is 0 Å². The molecule has 0 radical (unpaired) electrons. The van der Waals surface area contributed by atoms with Crippen molar-refractivity contribution in [2.75, 3.05) is 83.1 Å². The molecule has 0 aliphatic rings. The second-order valence-corrected chi connectivity index (χ2v) is 25.2. The Labute approximate surface area is 456 Å². The Morgan fingerprint density at radius 3 is 0.534 bits per heavy atom. The summed E-state index contributed by atoms with van der Waals surface area (Å²) in [5.41, 5.74) is -2.97. The number of hydrogen-bond acceptors (Lipinski definition) is 7. The van der Waals surface area contributed by atoms with Crippen LogP contribution < -0.4 is 15.3 Å². The summed E-state index contributed by atoms with van der Waals surface area (Å²) in [4.78, 5) is 30.0. The molecule has 0 rings (SSSR count). The molecule has 0 aliphatic heterocycles. The Hall–Kier alpha value is -1.75. The third-order valence-electron chi connectivity index (χ3n) is 13.8. The van der Waals surface area contributed by atoms with E-state index >= 15 is 0 Å². The lowest BCUT2D eigenvalue weighted by Crippen LogP contribution is -2.54. The van der Waals surface area contributed by atoms with Crippen molar-refractivity contribution < 1.29 is 48.3 Å². The van der Waals surface area contributed by atoms with E-state index in [4.69, 9.17) is 5.11 Å². The molecule has 0 bridgehead atoms. The first-order chi connectivity index (χ1) is 34.5. The number of carbonyl (C=O) groups is 3. The lowest BCUT2D eigenvalue weighted by molar-refractivity contribution is -0.870. The van der Waals surface area contributed by atoms with Crippen molar-refractivity contribution >= 4 is 17.9 Å². The van der Waals surface area contributed by atoms with Gasteiger partial charge in [-0.2, -0.15) is 0 Å². The minimum Gasteiger partial charge on any atom is -0.550 e. The summed E-state index contributed by atoms with van der Waals surface area (Å²) >= 11 is 0. The van der Waals surface area contributed by atoms with Crippen LogP contribution in [0.4, 0.5) is 0 Å². The van der Waals surface area contributed by atoms with Gasteiger partial charge in [-0.1, -0.05) is 252 Å². The third-order valence-corrected chi connectivity index (χ3v) is 13.8. The van der Waals surface area contributed by atoms with Gasteiger partial charge in [0, 0.05) is 24.8 Å². The normalized spacial score (nSPS) is 11.8. The summed E-state index contributed by atoms with van der Waals surface area (Å²) in [6.45, 7) is 10.9. The molecule has 10 heteroatoms. The SMILES string of the molecule is CCCCCCCCCCCCCCCC[N+](C)(C)C.CCCCCCCCCCCCCCCC[N+](C)(C)C.CCCCCCCCCCCCCCCC[N+](C)(C)C.O=C([O-])CC(O)(CC(=O)[O-])C(=O)[O-]. The smallest absolute Gasteiger partial charge is 0.114 e. The number of carboxylic acid groups (broad SMARTS) is 3. The molecule has 1 N–H and O–H groups in total. The average molecular weight is 1040 g/mol. The van der Waals surface area contributed by atoms with Crippen molar-refractivity contribution in [3.63, 3.8) is 0 Å². The van der Waals surface area contributed by atoms with E-state index in [2.05, 4.69) is 84.2 Å². The van der Waals surface area contributed by atoms with Crippen LogP contribution in [0.3, 0.4) is 0 Å². The van der Waals surface area contributed by atoms with Gasteiger partial charge >= 0.3 is 0 Å². The highest BCUT2D eigenvalue weighted by Crippen LogP contribution is 2.17. The Morgan fingerprint density at radius 2 is 0.425 bits per heavy atom. The molecule has 0 atom stereocenters. The predicted molar refractivity (Wildman–Crippen MR) is 309 cm³/mol. The fraction of sp³-hybridized carbons (Fsp3) is 0.952. The van der Waals surface area contributed by atoms with Crippen LogP contribution in [0.5, 0.6) is 0 Å².